The number of fused-ring (bicyclic) bond motifs is 1. The maximum Gasteiger partial charge on any atom is 0.417 e. The zero-order valence-corrected chi connectivity index (χ0v) is 12.4. The van der Waals surface area contributed by atoms with Crippen LogP contribution in [0.25, 0.3) is 22.6 Å². The number of aryl methyl sites for hydroxylation is 1. The standard InChI is InChI=1S/C14H9BrF3N3/c1-7-4-5-19-13-11(7)20-12(21-13)9-3-2-8(15)6-10(9)14(16,17)18/h2-6H,1H3,(H,19,20,21). The van der Waals surface area contributed by atoms with Gasteiger partial charge in [0.15, 0.2) is 5.65 Å². The van der Waals surface area contributed by atoms with Gasteiger partial charge in [0.2, 0.25) is 0 Å². The van der Waals surface area contributed by atoms with Gasteiger partial charge in [0.1, 0.15) is 5.82 Å². The Morgan fingerprint density at radius 1 is 1.19 bits per heavy atom. The van der Waals surface area contributed by atoms with E-state index in [2.05, 4.69) is 30.9 Å². The van der Waals surface area contributed by atoms with E-state index in [1.165, 1.54) is 6.07 Å². The quantitative estimate of drug-likeness (QED) is 0.686. The summed E-state index contributed by atoms with van der Waals surface area (Å²) in [6.45, 7) is 1.85. The summed E-state index contributed by atoms with van der Waals surface area (Å²) < 4.78 is 39.9. The average molecular weight is 356 g/mol. The lowest BCUT2D eigenvalue weighted by Gasteiger charge is -2.11. The SMILES string of the molecule is Cc1ccnc2nc(-c3ccc(Br)cc3C(F)(F)F)[nH]c12. The fourth-order valence-corrected chi connectivity index (χ4v) is 2.48. The number of halogens is 4. The van der Waals surface area contributed by atoms with E-state index in [0.717, 1.165) is 11.6 Å². The maximum atomic E-state index is 13.2. The minimum absolute atomic E-state index is 0.00287. The van der Waals surface area contributed by atoms with E-state index in [0.29, 0.717) is 15.6 Å². The summed E-state index contributed by atoms with van der Waals surface area (Å²) in [5.74, 6) is 0.159. The third-order valence-electron chi connectivity index (χ3n) is 3.14. The first kappa shape index (κ1) is 14.1. The van der Waals surface area contributed by atoms with Crippen molar-refractivity contribution in [2.75, 3.05) is 0 Å². The summed E-state index contributed by atoms with van der Waals surface area (Å²) >= 11 is 3.06. The van der Waals surface area contributed by atoms with Crippen molar-refractivity contribution in [1.29, 1.82) is 0 Å². The fraction of sp³-hybridized carbons (Fsp3) is 0.143. The number of aromatic nitrogens is 3. The molecule has 0 saturated heterocycles. The molecule has 7 heteroatoms. The van der Waals surface area contributed by atoms with Crippen LogP contribution in [-0.4, -0.2) is 15.0 Å². The van der Waals surface area contributed by atoms with E-state index in [-0.39, 0.29) is 11.4 Å². The summed E-state index contributed by atoms with van der Waals surface area (Å²) in [5.41, 5.74) is 1.19. The lowest BCUT2D eigenvalue weighted by molar-refractivity contribution is -0.137. The third kappa shape index (κ3) is 2.53. The first-order chi connectivity index (χ1) is 9.86. The van der Waals surface area contributed by atoms with Crippen molar-refractivity contribution in [3.05, 3.63) is 46.1 Å². The molecule has 2 aromatic heterocycles. The zero-order valence-electron chi connectivity index (χ0n) is 10.8. The lowest BCUT2D eigenvalue weighted by atomic mass is 10.1. The maximum absolute atomic E-state index is 13.2. The number of H-pyrrole nitrogens is 1. The third-order valence-corrected chi connectivity index (χ3v) is 3.64. The molecule has 0 aliphatic carbocycles. The molecule has 0 atom stereocenters. The number of imidazole rings is 1. The summed E-state index contributed by atoms with van der Waals surface area (Å²) in [5, 5.41) is 0. The predicted molar refractivity (Wildman–Crippen MR) is 76.8 cm³/mol. The van der Waals surface area contributed by atoms with Gasteiger partial charge in [-0.15, -0.1) is 0 Å². The van der Waals surface area contributed by atoms with Gasteiger partial charge in [-0.3, -0.25) is 0 Å². The molecule has 0 fully saturated rings. The zero-order chi connectivity index (χ0) is 15.2. The number of hydrogen-bond acceptors (Lipinski definition) is 2. The highest BCUT2D eigenvalue weighted by Crippen LogP contribution is 2.38. The van der Waals surface area contributed by atoms with Gasteiger partial charge in [-0.25, -0.2) is 9.97 Å². The molecule has 0 radical (unpaired) electrons. The summed E-state index contributed by atoms with van der Waals surface area (Å²) in [7, 11) is 0. The van der Waals surface area contributed by atoms with E-state index >= 15 is 0 Å². The summed E-state index contributed by atoms with van der Waals surface area (Å²) in [6.07, 6.45) is -2.88. The predicted octanol–water partition coefficient (Wildman–Crippen LogP) is 4.71. The molecule has 0 spiro atoms. The van der Waals surface area contributed by atoms with E-state index in [9.17, 15) is 13.2 Å². The van der Waals surface area contributed by atoms with Crippen molar-refractivity contribution < 1.29 is 13.2 Å². The van der Waals surface area contributed by atoms with Gasteiger partial charge in [-0.05, 0) is 36.8 Å². The number of hydrogen-bond donors (Lipinski definition) is 1. The van der Waals surface area contributed by atoms with Crippen LogP contribution >= 0.6 is 15.9 Å². The normalized spacial score (nSPS) is 12.0. The van der Waals surface area contributed by atoms with Crippen LogP contribution in [0.3, 0.4) is 0 Å². The van der Waals surface area contributed by atoms with Gasteiger partial charge in [0, 0.05) is 16.2 Å². The number of benzene rings is 1. The molecule has 1 N–H and O–H groups in total. The molecule has 2 heterocycles. The highest BCUT2D eigenvalue weighted by Gasteiger charge is 2.34. The molecule has 21 heavy (non-hydrogen) atoms. The Morgan fingerprint density at radius 3 is 2.62 bits per heavy atom. The summed E-state index contributed by atoms with van der Waals surface area (Å²) in [6, 6.07) is 5.76. The van der Waals surface area contributed by atoms with E-state index < -0.39 is 11.7 Å². The van der Waals surface area contributed by atoms with Crippen molar-refractivity contribution in [3.8, 4) is 11.4 Å². The van der Waals surface area contributed by atoms with Crippen LogP contribution in [0.15, 0.2) is 34.9 Å². The Bertz CT molecular complexity index is 824. The van der Waals surface area contributed by atoms with Gasteiger partial charge < -0.3 is 4.98 Å². The second-order valence-corrected chi connectivity index (χ2v) is 5.52. The van der Waals surface area contributed by atoms with Crippen molar-refractivity contribution in [2.45, 2.75) is 13.1 Å². The largest absolute Gasteiger partial charge is 0.417 e. The molecule has 3 rings (SSSR count). The van der Waals surface area contributed by atoms with Crippen LogP contribution in [-0.2, 0) is 6.18 Å². The molecule has 108 valence electrons. The number of rotatable bonds is 1. The Kier molecular flexibility index (Phi) is 3.24. The average Bonchev–Trinajstić information content (AvgIpc) is 2.83. The van der Waals surface area contributed by atoms with Gasteiger partial charge in [0.05, 0.1) is 11.1 Å². The van der Waals surface area contributed by atoms with Gasteiger partial charge in [-0.1, -0.05) is 15.9 Å². The Morgan fingerprint density at radius 2 is 1.95 bits per heavy atom. The number of pyridine rings is 1. The Hall–Kier alpha value is -1.89. The lowest BCUT2D eigenvalue weighted by Crippen LogP contribution is -2.07. The van der Waals surface area contributed by atoms with Crippen molar-refractivity contribution in [1.82, 2.24) is 15.0 Å². The molecular formula is C14H9BrF3N3. The molecule has 0 unspecified atom stereocenters. The minimum atomic E-state index is -4.46. The monoisotopic (exact) mass is 355 g/mol. The second-order valence-electron chi connectivity index (χ2n) is 4.60. The minimum Gasteiger partial charge on any atom is -0.336 e. The van der Waals surface area contributed by atoms with E-state index in [4.69, 9.17) is 0 Å². The van der Waals surface area contributed by atoms with E-state index in [1.54, 1.807) is 18.3 Å². The van der Waals surface area contributed by atoms with Crippen LogP contribution < -0.4 is 0 Å². The topological polar surface area (TPSA) is 41.6 Å². The fourth-order valence-electron chi connectivity index (χ4n) is 2.12. The molecule has 0 bridgehead atoms. The summed E-state index contributed by atoms with van der Waals surface area (Å²) in [4.78, 5) is 11.2. The Balaban J connectivity index is 2.25. The molecule has 0 aliphatic heterocycles. The molecule has 0 amide bonds. The highest BCUT2D eigenvalue weighted by molar-refractivity contribution is 9.10. The second kappa shape index (κ2) is 4.84. The van der Waals surface area contributed by atoms with Crippen molar-refractivity contribution in [2.24, 2.45) is 0 Å². The molecule has 0 aliphatic rings. The van der Waals surface area contributed by atoms with Crippen LogP contribution in [0.1, 0.15) is 11.1 Å². The van der Waals surface area contributed by atoms with Crippen LogP contribution in [0.4, 0.5) is 13.2 Å². The number of aromatic amines is 1. The first-order valence-corrected chi connectivity index (χ1v) is 6.84. The number of alkyl halides is 3. The van der Waals surface area contributed by atoms with Gasteiger partial charge >= 0.3 is 6.18 Å². The van der Waals surface area contributed by atoms with Crippen molar-refractivity contribution in [3.63, 3.8) is 0 Å². The van der Waals surface area contributed by atoms with Gasteiger partial charge in [0.25, 0.3) is 0 Å². The molecule has 0 saturated carbocycles. The molecule has 3 aromatic rings. The van der Waals surface area contributed by atoms with E-state index in [1.807, 2.05) is 6.92 Å². The van der Waals surface area contributed by atoms with Crippen LogP contribution in [0.2, 0.25) is 0 Å². The Labute approximate surface area is 126 Å². The van der Waals surface area contributed by atoms with Crippen LogP contribution in [0.5, 0.6) is 0 Å². The number of nitrogens with zero attached hydrogens (tertiary/aromatic N) is 2. The number of nitrogens with one attached hydrogen (secondary N) is 1. The molecular weight excluding hydrogens is 347 g/mol. The van der Waals surface area contributed by atoms with Crippen molar-refractivity contribution >= 4 is 27.1 Å². The smallest absolute Gasteiger partial charge is 0.336 e. The molecule has 3 nitrogen and oxygen atoms in total. The first-order valence-electron chi connectivity index (χ1n) is 6.04. The van der Waals surface area contributed by atoms with Gasteiger partial charge in [-0.2, -0.15) is 13.2 Å². The van der Waals surface area contributed by atoms with Crippen LogP contribution in [0, 0.1) is 6.92 Å². The molecule has 1 aromatic carbocycles. The highest BCUT2D eigenvalue weighted by atomic mass is 79.9.